The van der Waals surface area contributed by atoms with Crippen molar-refractivity contribution in [2.75, 3.05) is 12.4 Å². The Morgan fingerprint density at radius 2 is 1.79 bits per heavy atom. The van der Waals surface area contributed by atoms with E-state index in [1.807, 2.05) is 0 Å². The van der Waals surface area contributed by atoms with Crippen molar-refractivity contribution in [2.45, 2.75) is 18.0 Å². The minimum atomic E-state index is -4.64. The lowest BCUT2D eigenvalue weighted by atomic mass is 10.1. The smallest absolute Gasteiger partial charge is 0.394 e. The molecule has 1 atom stereocenters. The molecule has 19 heavy (non-hydrogen) atoms. The molecule has 0 saturated heterocycles. The highest BCUT2D eigenvalue weighted by Gasteiger charge is 2.34. The van der Waals surface area contributed by atoms with Gasteiger partial charge in [0, 0.05) is 0 Å². The van der Waals surface area contributed by atoms with Crippen LogP contribution in [-0.2, 0) is 21.8 Å². The van der Waals surface area contributed by atoms with Gasteiger partial charge in [0.2, 0.25) is 0 Å². The molecule has 0 saturated carbocycles. The highest BCUT2D eigenvalue weighted by molar-refractivity contribution is 7.90. The van der Waals surface area contributed by atoms with E-state index in [1.165, 1.54) is 12.1 Å². The maximum absolute atomic E-state index is 12.7. The first-order valence-electron chi connectivity index (χ1n) is 5.30. The first-order chi connectivity index (χ1) is 8.65. The zero-order valence-electron chi connectivity index (χ0n) is 9.76. The highest BCUT2D eigenvalue weighted by Crippen LogP contribution is 2.32. The van der Waals surface area contributed by atoms with E-state index in [1.54, 1.807) is 0 Å². The summed E-state index contributed by atoms with van der Waals surface area (Å²) in [6.45, 7) is -0.764. The minimum Gasteiger partial charge on any atom is -0.394 e. The quantitative estimate of drug-likeness (QED) is 0.849. The van der Waals surface area contributed by atoms with E-state index in [2.05, 4.69) is 0 Å². The van der Waals surface area contributed by atoms with Gasteiger partial charge in [-0.05, 0) is 11.6 Å². The van der Waals surface area contributed by atoms with Crippen molar-refractivity contribution < 1.29 is 31.8 Å². The number of halogens is 3. The van der Waals surface area contributed by atoms with Crippen LogP contribution in [-0.4, -0.2) is 37.1 Å². The van der Waals surface area contributed by atoms with Crippen LogP contribution in [0.15, 0.2) is 24.3 Å². The van der Waals surface area contributed by atoms with Crippen LogP contribution < -0.4 is 0 Å². The standard InChI is InChI=1S/C11H13F3O4S/c12-11(13,14)10-4-2-1-3-8(10)6-19(17,18)7-9(16)5-15/h1-4,9,15-16H,5-7H2/t9-/m0/s1. The molecule has 108 valence electrons. The first-order valence-corrected chi connectivity index (χ1v) is 7.12. The SMILES string of the molecule is O=S(=O)(Cc1ccccc1C(F)(F)F)C[C@@H](O)CO. The Morgan fingerprint density at radius 3 is 2.32 bits per heavy atom. The minimum absolute atomic E-state index is 0.375. The van der Waals surface area contributed by atoms with E-state index < -0.39 is 45.8 Å². The van der Waals surface area contributed by atoms with Crippen LogP contribution in [0.5, 0.6) is 0 Å². The molecule has 0 heterocycles. The van der Waals surface area contributed by atoms with E-state index in [0.717, 1.165) is 12.1 Å². The van der Waals surface area contributed by atoms with Gasteiger partial charge in [0.05, 0.1) is 29.8 Å². The van der Waals surface area contributed by atoms with Gasteiger partial charge in [0.25, 0.3) is 0 Å². The second-order valence-electron chi connectivity index (χ2n) is 4.05. The van der Waals surface area contributed by atoms with Crippen LogP contribution in [0.2, 0.25) is 0 Å². The summed E-state index contributed by atoms with van der Waals surface area (Å²) in [5, 5.41) is 17.6. The van der Waals surface area contributed by atoms with Crippen LogP contribution >= 0.6 is 0 Å². The topological polar surface area (TPSA) is 74.6 Å². The molecule has 2 N–H and O–H groups in total. The molecule has 0 aliphatic carbocycles. The Bertz CT molecular complexity index is 525. The lowest BCUT2D eigenvalue weighted by Gasteiger charge is -2.13. The Hall–Kier alpha value is -1.12. The molecule has 0 fully saturated rings. The van der Waals surface area contributed by atoms with Crippen molar-refractivity contribution in [3.05, 3.63) is 35.4 Å². The number of hydrogen-bond acceptors (Lipinski definition) is 4. The van der Waals surface area contributed by atoms with Gasteiger partial charge in [-0.15, -0.1) is 0 Å². The van der Waals surface area contributed by atoms with Gasteiger partial charge >= 0.3 is 6.18 Å². The van der Waals surface area contributed by atoms with Crippen molar-refractivity contribution in [3.63, 3.8) is 0 Å². The molecular weight excluding hydrogens is 285 g/mol. The Kier molecular flexibility index (Phi) is 4.94. The fourth-order valence-corrected chi connectivity index (χ4v) is 3.10. The zero-order chi connectivity index (χ0) is 14.7. The molecule has 4 nitrogen and oxygen atoms in total. The summed E-state index contributed by atoms with van der Waals surface area (Å²) in [5.41, 5.74) is -1.39. The highest BCUT2D eigenvalue weighted by atomic mass is 32.2. The van der Waals surface area contributed by atoms with Crippen LogP contribution in [0.3, 0.4) is 0 Å². The third-order valence-corrected chi connectivity index (χ3v) is 4.00. The number of hydrogen-bond donors (Lipinski definition) is 2. The predicted octanol–water partition coefficient (Wildman–Crippen LogP) is 0.973. The van der Waals surface area contributed by atoms with Gasteiger partial charge in [-0.2, -0.15) is 13.2 Å². The summed E-state index contributed by atoms with van der Waals surface area (Å²) in [7, 11) is -3.94. The molecule has 0 aromatic heterocycles. The van der Waals surface area contributed by atoms with Crippen molar-refractivity contribution in [1.82, 2.24) is 0 Å². The maximum Gasteiger partial charge on any atom is 0.416 e. The predicted molar refractivity (Wildman–Crippen MR) is 62.0 cm³/mol. The van der Waals surface area contributed by atoms with Crippen LogP contribution in [0.1, 0.15) is 11.1 Å². The maximum atomic E-state index is 12.7. The number of alkyl halides is 3. The molecule has 0 bridgehead atoms. The van der Waals surface area contributed by atoms with Crippen LogP contribution in [0.25, 0.3) is 0 Å². The fraction of sp³-hybridized carbons (Fsp3) is 0.455. The Balaban J connectivity index is 3.00. The zero-order valence-corrected chi connectivity index (χ0v) is 10.6. The van der Waals surface area contributed by atoms with Gasteiger partial charge in [0.1, 0.15) is 0 Å². The Morgan fingerprint density at radius 1 is 1.21 bits per heavy atom. The lowest BCUT2D eigenvalue weighted by molar-refractivity contribution is -0.138. The fourth-order valence-electron chi connectivity index (χ4n) is 1.56. The number of sulfone groups is 1. The molecule has 0 amide bonds. The van der Waals surface area contributed by atoms with Crippen molar-refractivity contribution in [3.8, 4) is 0 Å². The molecule has 1 rings (SSSR count). The van der Waals surface area contributed by atoms with Gasteiger partial charge in [0.15, 0.2) is 9.84 Å². The van der Waals surface area contributed by atoms with E-state index in [0.29, 0.717) is 0 Å². The second kappa shape index (κ2) is 5.89. The third-order valence-electron chi connectivity index (χ3n) is 2.36. The average molecular weight is 298 g/mol. The second-order valence-corrected chi connectivity index (χ2v) is 6.16. The molecule has 0 unspecified atom stereocenters. The monoisotopic (exact) mass is 298 g/mol. The summed E-state index contributed by atoms with van der Waals surface area (Å²) in [4.78, 5) is 0. The Labute approximate surface area is 108 Å². The molecule has 0 spiro atoms. The molecule has 1 aromatic carbocycles. The van der Waals surface area contributed by atoms with E-state index in [-0.39, 0.29) is 5.56 Å². The van der Waals surface area contributed by atoms with Gasteiger partial charge in [-0.25, -0.2) is 8.42 Å². The molecular formula is C11H13F3O4S. The molecule has 0 radical (unpaired) electrons. The van der Waals surface area contributed by atoms with Crippen LogP contribution in [0.4, 0.5) is 13.2 Å². The van der Waals surface area contributed by atoms with Gasteiger partial charge < -0.3 is 10.2 Å². The largest absolute Gasteiger partial charge is 0.416 e. The molecule has 0 aliphatic heterocycles. The van der Waals surface area contributed by atoms with E-state index in [9.17, 15) is 21.6 Å². The first kappa shape index (κ1) is 15.9. The number of aliphatic hydroxyl groups is 2. The normalized spacial score (nSPS) is 14.4. The van der Waals surface area contributed by atoms with Crippen molar-refractivity contribution >= 4 is 9.84 Å². The molecule has 0 aliphatic rings. The average Bonchev–Trinajstić information content (AvgIpc) is 2.26. The van der Waals surface area contributed by atoms with Crippen molar-refractivity contribution in [1.29, 1.82) is 0 Å². The summed E-state index contributed by atoms with van der Waals surface area (Å²) >= 11 is 0. The summed E-state index contributed by atoms with van der Waals surface area (Å²) < 4.78 is 61.2. The number of aliphatic hydroxyl groups excluding tert-OH is 2. The molecule has 8 heteroatoms. The molecule has 1 aromatic rings. The van der Waals surface area contributed by atoms with E-state index >= 15 is 0 Å². The van der Waals surface area contributed by atoms with Crippen LogP contribution in [0, 0.1) is 0 Å². The summed E-state index contributed by atoms with van der Waals surface area (Å²) in [5.74, 6) is -1.62. The third kappa shape index (κ3) is 4.81. The van der Waals surface area contributed by atoms with Gasteiger partial charge in [-0.3, -0.25) is 0 Å². The van der Waals surface area contributed by atoms with E-state index in [4.69, 9.17) is 10.2 Å². The lowest BCUT2D eigenvalue weighted by Crippen LogP contribution is -2.25. The van der Waals surface area contributed by atoms with Gasteiger partial charge in [-0.1, -0.05) is 18.2 Å². The number of benzene rings is 1. The summed E-state index contributed by atoms with van der Waals surface area (Å²) in [6, 6.07) is 4.35. The summed E-state index contributed by atoms with van der Waals surface area (Å²) in [6.07, 6.45) is -6.13. The number of rotatable bonds is 5. The van der Waals surface area contributed by atoms with Crippen molar-refractivity contribution in [2.24, 2.45) is 0 Å².